The van der Waals surface area contributed by atoms with Crippen LogP contribution in [0.3, 0.4) is 0 Å². The van der Waals surface area contributed by atoms with E-state index in [4.69, 9.17) is 9.47 Å². The summed E-state index contributed by atoms with van der Waals surface area (Å²) in [5, 5.41) is 11.4. The molecule has 4 rings (SSSR count). The summed E-state index contributed by atoms with van der Waals surface area (Å²) in [7, 11) is 1.25. The molecule has 1 aromatic carbocycles. The molecular weight excluding hydrogens is 482 g/mol. The zero-order valence-corrected chi connectivity index (χ0v) is 20.9. The Bertz CT molecular complexity index is 1320. The molecule has 10 heteroatoms. The molecule has 1 atom stereocenters. The van der Waals surface area contributed by atoms with Gasteiger partial charge in [0, 0.05) is 18.0 Å². The average Bonchev–Trinajstić information content (AvgIpc) is 3.40. The van der Waals surface area contributed by atoms with Crippen molar-refractivity contribution in [1.82, 2.24) is 9.97 Å². The number of carbonyl (C=O) groups excluding carboxylic acids is 3. The first-order chi connectivity index (χ1) is 17.4. The number of carbonyl (C=O) groups is 3. The molecule has 1 saturated heterocycles. The van der Waals surface area contributed by atoms with Crippen molar-refractivity contribution in [2.75, 3.05) is 18.6 Å². The van der Waals surface area contributed by atoms with Gasteiger partial charge in [-0.1, -0.05) is 30.7 Å². The molecule has 186 valence electrons. The Balaban J connectivity index is 1.80. The molecule has 0 radical (unpaired) electrons. The van der Waals surface area contributed by atoms with Crippen LogP contribution in [0.1, 0.15) is 52.3 Å². The van der Waals surface area contributed by atoms with Crippen molar-refractivity contribution in [2.24, 2.45) is 0 Å². The van der Waals surface area contributed by atoms with Crippen molar-refractivity contribution in [3.05, 3.63) is 76.1 Å². The number of thiazole rings is 1. The lowest BCUT2D eigenvalue weighted by Crippen LogP contribution is -2.29. The maximum absolute atomic E-state index is 13.2. The molecular formula is C26H25N3O6S. The van der Waals surface area contributed by atoms with Gasteiger partial charge in [0.25, 0.3) is 5.78 Å². The number of nitrogens with zero attached hydrogens (tertiary/aromatic N) is 3. The van der Waals surface area contributed by atoms with Gasteiger partial charge >= 0.3 is 11.9 Å². The largest absolute Gasteiger partial charge is 0.507 e. The van der Waals surface area contributed by atoms with Crippen LogP contribution in [0.4, 0.5) is 5.13 Å². The summed E-state index contributed by atoms with van der Waals surface area (Å²) in [6, 6.07) is 9.05. The zero-order chi connectivity index (χ0) is 25.8. The van der Waals surface area contributed by atoms with Crippen LogP contribution in [0.5, 0.6) is 5.75 Å². The first-order valence-corrected chi connectivity index (χ1v) is 12.2. The van der Waals surface area contributed by atoms with Gasteiger partial charge in [-0.15, -0.1) is 0 Å². The Hall–Kier alpha value is -4.05. The number of hydrogen-bond acceptors (Lipinski definition) is 9. The number of anilines is 1. The number of ketones is 1. The summed E-state index contributed by atoms with van der Waals surface area (Å²) in [4.78, 5) is 48.5. The summed E-state index contributed by atoms with van der Waals surface area (Å²) < 4.78 is 10.5. The number of aryl methyl sites for hydroxylation is 1. The van der Waals surface area contributed by atoms with Crippen LogP contribution in [0.15, 0.2) is 54.4 Å². The lowest BCUT2D eigenvalue weighted by molar-refractivity contribution is -0.132. The van der Waals surface area contributed by atoms with Gasteiger partial charge in [0.1, 0.15) is 16.4 Å². The molecule has 36 heavy (non-hydrogen) atoms. The Morgan fingerprint density at radius 1 is 1.19 bits per heavy atom. The molecule has 0 saturated carbocycles. The average molecular weight is 508 g/mol. The first-order valence-electron chi connectivity index (χ1n) is 11.4. The van der Waals surface area contributed by atoms with Crippen molar-refractivity contribution in [2.45, 2.75) is 32.7 Å². The second-order valence-electron chi connectivity index (χ2n) is 8.08. The standard InChI is InChI=1S/C26H25N3O6S/c1-4-5-13-35-18-10-8-16(9-11-18)21(30)19-20(17-7-6-12-27-14-17)29(24(32)22(19)31)26-28-15(2)23(36-26)25(33)34-3/h6-12,14,20,30H,4-5,13H2,1-3H3/t20-/m1/s1. The minimum absolute atomic E-state index is 0.0971. The highest BCUT2D eigenvalue weighted by atomic mass is 32.1. The Morgan fingerprint density at radius 2 is 1.94 bits per heavy atom. The van der Waals surface area contributed by atoms with E-state index in [2.05, 4.69) is 16.9 Å². The number of esters is 1. The Kier molecular flexibility index (Phi) is 7.44. The monoisotopic (exact) mass is 507 g/mol. The molecule has 1 aliphatic heterocycles. The third-order valence-electron chi connectivity index (χ3n) is 5.70. The normalized spacial score (nSPS) is 16.9. The van der Waals surface area contributed by atoms with E-state index >= 15 is 0 Å². The summed E-state index contributed by atoms with van der Waals surface area (Å²) in [5.41, 5.74) is 1.13. The topological polar surface area (TPSA) is 119 Å². The number of hydrogen-bond donors (Lipinski definition) is 1. The van der Waals surface area contributed by atoms with Crippen LogP contribution >= 0.6 is 11.3 Å². The quantitative estimate of drug-likeness (QED) is 0.156. The fourth-order valence-corrected chi connectivity index (χ4v) is 4.86. The maximum Gasteiger partial charge on any atom is 0.350 e. The number of amides is 1. The number of aliphatic hydroxyl groups excluding tert-OH is 1. The highest BCUT2D eigenvalue weighted by Gasteiger charge is 2.48. The lowest BCUT2D eigenvalue weighted by atomic mass is 9.96. The van der Waals surface area contributed by atoms with Crippen molar-refractivity contribution >= 4 is 39.9 Å². The van der Waals surface area contributed by atoms with Crippen molar-refractivity contribution in [3.63, 3.8) is 0 Å². The minimum Gasteiger partial charge on any atom is -0.507 e. The molecule has 3 heterocycles. The second-order valence-corrected chi connectivity index (χ2v) is 9.06. The predicted molar refractivity (Wildman–Crippen MR) is 134 cm³/mol. The third kappa shape index (κ3) is 4.72. The van der Waals surface area contributed by atoms with Crippen LogP contribution < -0.4 is 9.64 Å². The van der Waals surface area contributed by atoms with Crippen LogP contribution in [-0.4, -0.2) is 46.5 Å². The Morgan fingerprint density at radius 3 is 2.58 bits per heavy atom. The van der Waals surface area contributed by atoms with E-state index in [1.54, 1.807) is 49.5 Å². The molecule has 3 aromatic rings. The first kappa shape index (κ1) is 25.1. The number of pyridine rings is 1. The highest BCUT2D eigenvalue weighted by molar-refractivity contribution is 7.17. The number of methoxy groups -OCH3 is 1. The van der Waals surface area contributed by atoms with Crippen LogP contribution in [-0.2, 0) is 14.3 Å². The number of benzene rings is 1. The van der Waals surface area contributed by atoms with Gasteiger partial charge in [-0.2, -0.15) is 0 Å². The molecule has 0 aliphatic carbocycles. The van der Waals surface area contributed by atoms with Gasteiger partial charge in [-0.25, -0.2) is 9.78 Å². The van der Waals surface area contributed by atoms with Gasteiger partial charge in [0.05, 0.1) is 31.0 Å². The SMILES string of the molecule is CCCCOc1ccc(C(O)=C2C(=O)C(=O)N(c3nc(C)c(C(=O)OC)s3)[C@@H]2c2cccnc2)cc1. The molecule has 2 aromatic heterocycles. The number of ether oxygens (including phenoxy) is 2. The number of Topliss-reactive ketones (excluding diaryl/α,β-unsaturated/α-hetero) is 1. The molecule has 0 spiro atoms. The van der Waals surface area contributed by atoms with Gasteiger partial charge in [-0.3, -0.25) is 19.5 Å². The molecule has 0 bridgehead atoms. The highest BCUT2D eigenvalue weighted by Crippen LogP contribution is 2.43. The fraction of sp³-hybridized carbons (Fsp3) is 0.269. The third-order valence-corrected chi connectivity index (χ3v) is 6.84. The summed E-state index contributed by atoms with van der Waals surface area (Å²) in [6.07, 6.45) is 5.01. The van der Waals surface area contributed by atoms with E-state index in [1.807, 2.05) is 0 Å². The predicted octanol–water partition coefficient (Wildman–Crippen LogP) is 4.44. The minimum atomic E-state index is -0.991. The van der Waals surface area contributed by atoms with Gasteiger partial charge in [0.2, 0.25) is 0 Å². The van der Waals surface area contributed by atoms with Gasteiger partial charge < -0.3 is 14.6 Å². The van der Waals surface area contributed by atoms with E-state index in [0.717, 1.165) is 24.2 Å². The van der Waals surface area contributed by atoms with Crippen molar-refractivity contribution in [1.29, 1.82) is 0 Å². The smallest absolute Gasteiger partial charge is 0.350 e. The van der Waals surface area contributed by atoms with Crippen molar-refractivity contribution < 1.29 is 29.0 Å². The summed E-state index contributed by atoms with van der Waals surface area (Å²) >= 11 is 0.941. The zero-order valence-electron chi connectivity index (χ0n) is 20.1. The molecule has 1 fully saturated rings. The summed E-state index contributed by atoms with van der Waals surface area (Å²) in [6.45, 7) is 4.27. The molecule has 0 unspecified atom stereocenters. The Labute approximate surface area is 212 Å². The number of unbranched alkanes of at least 4 members (excludes halogenated alkanes) is 1. The van der Waals surface area contributed by atoms with Crippen LogP contribution in [0, 0.1) is 6.92 Å². The van der Waals surface area contributed by atoms with E-state index in [9.17, 15) is 19.5 Å². The van der Waals surface area contributed by atoms with Gasteiger partial charge in [0.15, 0.2) is 5.13 Å². The van der Waals surface area contributed by atoms with Crippen molar-refractivity contribution in [3.8, 4) is 5.75 Å². The molecule has 1 amide bonds. The van der Waals surface area contributed by atoms with E-state index in [-0.39, 0.29) is 21.3 Å². The fourth-order valence-electron chi connectivity index (χ4n) is 3.85. The summed E-state index contributed by atoms with van der Waals surface area (Å²) in [5.74, 6) is -2.01. The van der Waals surface area contributed by atoms with Crippen LogP contribution in [0.2, 0.25) is 0 Å². The maximum atomic E-state index is 13.2. The lowest BCUT2D eigenvalue weighted by Gasteiger charge is -2.22. The van der Waals surface area contributed by atoms with Crippen LogP contribution in [0.25, 0.3) is 5.76 Å². The number of aromatic nitrogens is 2. The van der Waals surface area contributed by atoms with E-state index < -0.39 is 23.7 Å². The van der Waals surface area contributed by atoms with Gasteiger partial charge in [-0.05, 0) is 49.2 Å². The van der Waals surface area contributed by atoms with E-state index in [0.29, 0.717) is 29.2 Å². The molecule has 1 aliphatic rings. The number of rotatable bonds is 8. The van der Waals surface area contributed by atoms with E-state index in [1.165, 1.54) is 18.2 Å². The number of aliphatic hydroxyl groups is 1. The molecule has 9 nitrogen and oxygen atoms in total. The molecule has 1 N–H and O–H groups in total. The second kappa shape index (κ2) is 10.7.